The average molecular weight is 226 g/mol. The lowest BCUT2D eigenvalue weighted by Gasteiger charge is -2.35. The molecule has 0 amide bonds. The van der Waals surface area contributed by atoms with Gasteiger partial charge >= 0.3 is 0 Å². The molecule has 1 aliphatic heterocycles. The van der Waals surface area contributed by atoms with E-state index in [0.29, 0.717) is 11.1 Å². The number of halogens is 1. The summed E-state index contributed by atoms with van der Waals surface area (Å²) in [5, 5.41) is 0.471. The van der Waals surface area contributed by atoms with Crippen LogP contribution >= 0.6 is 11.6 Å². The Morgan fingerprint density at radius 1 is 1.33 bits per heavy atom. The van der Waals surface area contributed by atoms with Gasteiger partial charge in [-0.05, 0) is 18.3 Å². The summed E-state index contributed by atoms with van der Waals surface area (Å²) in [5.41, 5.74) is 0. The van der Waals surface area contributed by atoms with E-state index in [1.165, 1.54) is 6.42 Å². The van der Waals surface area contributed by atoms with Crippen LogP contribution < -0.4 is 4.90 Å². The monoisotopic (exact) mass is 225 g/mol. The Morgan fingerprint density at radius 2 is 2.13 bits per heavy atom. The Morgan fingerprint density at radius 3 is 2.80 bits per heavy atom. The molecule has 2 heterocycles. The van der Waals surface area contributed by atoms with Crippen LogP contribution in [0.5, 0.6) is 0 Å². The first-order valence-electron chi connectivity index (χ1n) is 5.39. The molecule has 1 aromatic rings. The van der Waals surface area contributed by atoms with Crippen molar-refractivity contribution in [1.82, 2.24) is 9.97 Å². The molecule has 82 valence electrons. The summed E-state index contributed by atoms with van der Waals surface area (Å²) in [4.78, 5) is 10.6. The maximum Gasteiger partial charge on any atom is 0.149 e. The molecule has 0 spiro atoms. The third-order valence-electron chi connectivity index (χ3n) is 3.25. The summed E-state index contributed by atoms with van der Waals surface area (Å²) >= 11 is 5.83. The number of aromatic nitrogens is 2. The van der Waals surface area contributed by atoms with Crippen LogP contribution in [-0.4, -0.2) is 23.1 Å². The zero-order valence-corrected chi connectivity index (χ0v) is 9.91. The lowest BCUT2D eigenvalue weighted by molar-refractivity contribution is 0.322. The minimum atomic E-state index is 0.471. The molecular formula is C11H16ClN3. The molecule has 0 radical (unpaired) electrons. The van der Waals surface area contributed by atoms with Crippen molar-refractivity contribution in [3.63, 3.8) is 0 Å². The second kappa shape index (κ2) is 4.35. The van der Waals surface area contributed by atoms with Crippen molar-refractivity contribution in [3.8, 4) is 0 Å². The van der Waals surface area contributed by atoms with E-state index in [1.54, 1.807) is 12.4 Å². The Hall–Kier alpha value is -0.830. The summed E-state index contributed by atoms with van der Waals surface area (Å²) in [5.74, 6) is 2.41. The maximum absolute atomic E-state index is 5.83. The van der Waals surface area contributed by atoms with Crippen LogP contribution in [0.2, 0.25) is 5.15 Å². The van der Waals surface area contributed by atoms with E-state index in [9.17, 15) is 0 Å². The molecule has 0 aromatic carbocycles. The SMILES string of the molecule is CC1CCN(c2cncc(Cl)n2)CC1C. The number of piperidine rings is 1. The first-order chi connectivity index (χ1) is 7.16. The van der Waals surface area contributed by atoms with Gasteiger partial charge in [0.25, 0.3) is 0 Å². The van der Waals surface area contributed by atoms with Crippen molar-refractivity contribution in [3.05, 3.63) is 17.5 Å². The average Bonchev–Trinajstić information content (AvgIpc) is 2.22. The second-order valence-electron chi connectivity index (χ2n) is 4.39. The summed E-state index contributed by atoms with van der Waals surface area (Å²) in [6.45, 7) is 6.71. The fraction of sp³-hybridized carbons (Fsp3) is 0.636. The minimum Gasteiger partial charge on any atom is -0.355 e. The highest BCUT2D eigenvalue weighted by atomic mass is 35.5. The zero-order valence-electron chi connectivity index (χ0n) is 9.15. The molecule has 1 fully saturated rings. The summed E-state index contributed by atoms with van der Waals surface area (Å²) in [7, 11) is 0. The smallest absolute Gasteiger partial charge is 0.149 e. The number of anilines is 1. The summed E-state index contributed by atoms with van der Waals surface area (Å²) < 4.78 is 0. The summed E-state index contributed by atoms with van der Waals surface area (Å²) in [6, 6.07) is 0. The Labute approximate surface area is 95.5 Å². The lowest BCUT2D eigenvalue weighted by atomic mass is 9.89. The number of rotatable bonds is 1. The van der Waals surface area contributed by atoms with Crippen LogP contribution in [0, 0.1) is 11.8 Å². The van der Waals surface area contributed by atoms with Gasteiger partial charge in [-0.25, -0.2) is 4.98 Å². The van der Waals surface area contributed by atoms with Gasteiger partial charge in [0.1, 0.15) is 11.0 Å². The molecule has 0 saturated carbocycles. The maximum atomic E-state index is 5.83. The van der Waals surface area contributed by atoms with Crippen LogP contribution in [-0.2, 0) is 0 Å². The predicted molar refractivity (Wildman–Crippen MR) is 62.2 cm³/mol. The normalized spacial score (nSPS) is 26.7. The highest BCUT2D eigenvalue weighted by Crippen LogP contribution is 2.25. The van der Waals surface area contributed by atoms with Crippen molar-refractivity contribution in [2.24, 2.45) is 11.8 Å². The van der Waals surface area contributed by atoms with Gasteiger partial charge in [-0.15, -0.1) is 0 Å². The van der Waals surface area contributed by atoms with E-state index >= 15 is 0 Å². The molecule has 0 aliphatic carbocycles. The van der Waals surface area contributed by atoms with E-state index in [1.807, 2.05) is 0 Å². The largest absolute Gasteiger partial charge is 0.355 e. The first-order valence-corrected chi connectivity index (χ1v) is 5.77. The van der Waals surface area contributed by atoms with Gasteiger partial charge in [0.2, 0.25) is 0 Å². The third kappa shape index (κ3) is 2.40. The molecule has 1 saturated heterocycles. The standard InChI is InChI=1S/C11H16ClN3/c1-8-3-4-15(7-9(8)2)11-6-13-5-10(12)14-11/h5-6,8-9H,3-4,7H2,1-2H3. The summed E-state index contributed by atoms with van der Waals surface area (Å²) in [6.07, 6.45) is 4.57. The zero-order chi connectivity index (χ0) is 10.8. The Kier molecular flexibility index (Phi) is 3.10. The van der Waals surface area contributed by atoms with Gasteiger partial charge in [-0.3, -0.25) is 4.98 Å². The molecule has 0 bridgehead atoms. The van der Waals surface area contributed by atoms with E-state index < -0.39 is 0 Å². The van der Waals surface area contributed by atoms with Crippen LogP contribution in [0.3, 0.4) is 0 Å². The van der Waals surface area contributed by atoms with Crippen molar-refractivity contribution in [2.75, 3.05) is 18.0 Å². The van der Waals surface area contributed by atoms with Gasteiger partial charge in [-0.2, -0.15) is 0 Å². The lowest BCUT2D eigenvalue weighted by Crippen LogP contribution is -2.38. The van der Waals surface area contributed by atoms with Crippen LogP contribution in [0.15, 0.2) is 12.4 Å². The third-order valence-corrected chi connectivity index (χ3v) is 3.43. The van der Waals surface area contributed by atoms with Crippen LogP contribution in [0.25, 0.3) is 0 Å². The molecular weight excluding hydrogens is 210 g/mol. The molecule has 2 rings (SSSR count). The van der Waals surface area contributed by atoms with Crippen LogP contribution in [0.1, 0.15) is 20.3 Å². The molecule has 4 heteroatoms. The van der Waals surface area contributed by atoms with E-state index in [4.69, 9.17) is 11.6 Å². The number of hydrogen-bond donors (Lipinski definition) is 0. The van der Waals surface area contributed by atoms with Crippen molar-refractivity contribution in [2.45, 2.75) is 20.3 Å². The molecule has 2 unspecified atom stereocenters. The van der Waals surface area contributed by atoms with Crippen molar-refractivity contribution < 1.29 is 0 Å². The molecule has 15 heavy (non-hydrogen) atoms. The second-order valence-corrected chi connectivity index (χ2v) is 4.78. The van der Waals surface area contributed by atoms with Crippen molar-refractivity contribution >= 4 is 17.4 Å². The number of nitrogens with zero attached hydrogens (tertiary/aromatic N) is 3. The number of hydrogen-bond acceptors (Lipinski definition) is 3. The van der Waals surface area contributed by atoms with Crippen LogP contribution in [0.4, 0.5) is 5.82 Å². The molecule has 0 N–H and O–H groups in total. The first kappa shape index (κ1) is 10.7. The molecule has 2 atom stereocenters. The van der Waals surface area contributed by atoms with Gasteiger partial charge in [-0.1, -0.05) is 25.4 Å². The predicted octanol–water partition coefficient (Wildman–Crippen LogP) is 2.61. The molecule has 1 aromatic heterocycles. The molecule has 3 nitrogen and oxygen atoms in total. The Balaban J connectivity index is 2.12. The Bertz CT molecular complexity index is 342. The fourth-order valence-corrected chi connectivity index (χ4v) is 2.10. The quantitative estimate of drug-likeness (QED) is 0.736. The van der Waals surface area contributed by atoms with E-state index in [-0.39, 0.29) is 0 Å². The highest BCUT2D eigenvalue weighted by molar-refractivity contribution is 6.29. The van der Waals surface area contributed by atoms with E-state index in [2.05, 4.69) is 28.7 Å². The highest BCUT2D eigenvalue weighted by Gasteiger charge is 2.23. The topological polar surface area (TPSA) is 29.0 Å². The van der Waals surface area contributed by atoms with Crippen molar-refractivity contribution in [1.29, 1.82) is 0 Å². The van der Waals surface area contributed by atoms with E-state index in [0.717, 1.165) is 24.8 Å². The fourth-order valence-electron chi connectivity index (χ4n) is 1.96. The molecule has 1 aliphatic rings. The van der Waals surface area contributed by atoms with Gasteiger partial charge in [0, 0.05) is 13.1 Å². The minimum absolute atomic E-state index is 0.471. The van der Waals surface area contributed by atoms with Gasteiger partial charge in [0.15, 0.2) is 0 Å². The van der Waals surface area contributed by atoms with Gasteiger partial charge < -0.3 is 4.90 Å². The van der Waals surface area contributed by atoms with Gasteiger partial charge in [0.05, 0.1) is 12.4 Å².